The molecule has 0 aliphatic heterocycles. The summed E-state index contributed by atoms with van der Waals surface area (Å²) in [6.45, 7) is 5.66. The molecule has 4 nitrogen and oxygen atoms in total. The second-order valence-electron chi connectivity index (χ2n) is 5.20. The van der Waals surface area contributed by atoms with Crippen molar-refractivity contribution in [3.8, 4) is 11.3 Å². The van der Waals surface area contributed by atoms with Crippen LogP contribution >= 0.6 is 0 Å². The first kappa shape index (κ1) is 14.5. The van der Waals surface area contributed by atoms with E-state index in [2.05, 4.69) is 31.0 Å². The largest absolute Gasteiger partial charge is 0.343 e. The molecule has 0 atom stereocenters. The van der Waals surface area contributed by atoms with E-state index in [9.17, 15) is 0 Å². The zero-order valence-electron chi connectivity index (χ0n) is 12.4. The molecule has 1 heterocycles. The lowest BCUT2D eigenvalue weighted by molar-refractivity contribution is 0.818. The molecule has 0 aliphatic rings. The van der Waals surface area contributed by atoms with Crippen LogP contribution in [0.5, 0.6) is 0 Å². The second kappa shape index (κ2) is 6.48. The van der Waals surface area contributed by atoms with Crippen LogP contribution in [0.1, 0.15) is 25.3 Å². The molecule has 0 saturated carbocycles. The van der Waals surface area contributed by atoms with E-state index in [1.807, 2.05) is 36.3 Å². The van der Waals surface area contributed by atoms with Gasteiger partial charge in [-0.1, -0.05) is 44.2 Å². The topological polar surface area (TPSA) is 55.0 Å². The van der Waals surface area contributed by atoms with E-state index < -0.39 is 0 Å². The van der Waals surface area contributed by atoms with Crippen LogP contribution in [0.2, 0.25) is 0 Å². The van der Waals surface area contributed by atoms with Crippen LogP contribution in [-0.4, -0.2) is 30.1 Å². The molecule has 1 aromatic heterocycles. The third-order valence-electron chi connectivity index (χ3n) is 3.28. The van der Waals surface area contributed by atoms with Gasteiger partial charge in [-0.2, -0.15) is 0 Å². The maximum atomic E-state index is 5.60. The highest BCUT2D eigenvalue weighted by molar-refractivity contribution is 5.64. The molecule has 106 valence electrons. The van der Waals surface area contributed by atoms with E-state index in [0.717, 1.165) is 23.8 Å². The van der Waals surface area contributed by atoms with Gasteiger partial charge in [0.1, 0.15) is 0 Å². The van der Waals surface area contributed by atoms with E-state index in [1.165, 1.54) is 5.56 Å². The van der Waals surface area contributed by atoms with Gasteiger partial charge in [0, 0.05) is 31.9 Å². The van der Waals surface area contributed by atoms with Crippen LogP contribution in [0, 0.1) is 0 Å². The van der Waals surface area contributed by atoms with Crippen molar-refractivity contribution in [1.82, 2.24) is 9.97 Å². The highest BCUT2D eigenvalue weighted by atomic mass is 15.2. The SMILES string of the molecule is CC(C)c1cnc(N(C)CCN)nc1-c1ccccc1. The summed E-state index contributed by atoms with van der Waals surface area (Å²) in [6.07, 6.45) is 1.93. The van der Waals surface area contributed by atoms with Gasteiger partial charge in [-0.15, -0.1) is 0 Å². The number of anilines is 1. The van der Waals surface area contributed by atoms with Crippen LogP contribution in [0.3, 0.4) is 0 Å². The molecular weight excluding hydrogens is 248 g/mol. The summed E-state index contributed by atoms with van der Waals surface area (Å²) in [5.74, 6) is 1.11. The molecule has 0 spiro atoms. The lowest BCUT2D eigenvalue weighted by Crippen LogP contribution is -2.27. The predicted octanol–water partition coefficient (Wildman–Crippen LogP) is 2.66. The van der Waals surface area contributed by atoms with Gasteiger partial charge in [0.15, 0.2) is 0 Å². The van der Waals surface area contributed by atoms with Crippen LogP contribution in [0.4, 0.5) is 5.95 Å². The fraction of sp³-hybridized carbons (Fsp3) is 0.375. The van der Waals surface area contributed by atoms with Gasteiger partial charge in [0.2, 0.25) is 5.95 Å². The van der Waals surface area contributed by atoms with E-state index in [0.29, 0.717) is 12.5 Å². The van der Waals surface area contributed by atoms with Crippen LogP contribution in [0.15, 0.2) is 36.5 Å². The molecule has 1 aromatic carbocycles. The molecule has 0 saturated heterocycles. The number of hydrogen-bond donors (Lipinski definition) is 1. The average Bonchev–Trinajstić information content (AvgIpc) is 2.47. The van der Waals surface area contributed by atoms with E-state index >= 15 is 0 Å². The summed E-state index contributed by atoms with van der Waals surface area (Å²) in [5.41, 5.74) is 8.90. The Balaban J connectivity index is 2.48. The average molecular weight is 270 g/mol. The van der Waals surface area contributed by atoms with E-state index in [4.69, 9.17) is 10.7 Å². The summed E-state index contributed by atoms with van der Waals surface area (Å²) in [4.78, 5) is 11.2. The highest BCUT2D eigenvalue weighted by Crippen LogP contribution is 2.28. The Bertz CT molecular complexity index is 552. The van der Waals surface area contributed by atoms with Gasteiger partial charge in [0.25, 0.3) is 0 Å². The maximum Gasteiger partial charge on any atom is 0.225 e. The van der Waals surface area contributed by atoms with Crippen LogP contribution in [0.25, 0.3) is 11.3 Å². The zero-order chi connectivity index (χ0) is 14.5. The summed E-state index contributed by atoms with van der Waals surface area (Å²) < 4.78 is 0. The zero-order valence-corrected chi connectivity index (χ0v) is 12.4. The molecule has 0 bridgehead atoms. The normalized spacial score (nSPS) is 10.8. The monoisotopic (exact) mass is 270 g/mol. The van der Waals surface area contributed by atoms with Crippen molar-refractivity contribution < 1.29 is 0 Å². The minimum Gasteiger partial charge on any atom is -0.343 e. The molecule has 2 aromatic rings. The highest BCUT2D eigenvalue weighted by Gasteiger charge is 2.13. The van der Waals surface area contributed by atoms with Crippen molar-refractivity contribution in [3.05, 3.63) is 42.1 Å². The van der Waals surface area contributed by atoms with Crippen molar-refractivity contribution >= 4 is 5.95 Å². The fourth-order valence-electron chi connectivity index (χ4n) is 2.11. The molecular formula is C16H22N4. The smallest absolute Gasteiger partial charge is 0.225 e. The Hall–Kier alpha value is -1.94. The molecule has 0 aliphatic carbocycles. The maximum absolute atomic E-state index is 5.60. The van der Waals surface area contributed by atoms with Gasteiger partial charge < -0.3 is 10.6 Å². The van der Waals surface area contributed by atoms with Gasteiger partial charge in [-0.05, 0) is 11.5 Å². The standard InChI is InChI=1S/C16H22N4/c1-12(2)14-11-18-16(20(3)10-9-17)19-15(14)13-7-5-4-6-8-13/h4-8,11-12H,9-10,17H2,1-3H3. The number of benzene rings is 1. The van der Waals surface area contributed by atoms with Crippen LogP contribution in [-0.2, 0) is 0 Å². The Kier molecular flexibility index (Phi) is 4.69. The number of aromatic nitrogens is 2. The Morgan fingerprint density at radius 2 is 1.90 bits per heavy atom. The summed E-state index contributed by atoms with van der Waals surface area (Å²) in [7, 11) is 1.96. The molecule has 0 amide bonds. The van der Waals surface area contributed by atoms with Gasteiger partial charge in [-0.25, -0.2) is 9.97 Å². The number of hydrogen-bond acceptors (Lipinski definition) is 4. The lowest BCUT2D eigenvalue weighted by Gasteiger charge is -2.19. The van der Waals surface area contributed by atoms with Crippen molar-refractivity contribution in [1.29, 1.82) is 0 Å². The first-order valence-corrected chi connectivity index (χ1v) is 6.97. The quantitative estimate of drug-likeness (QED) is 0.907. The predicted molar refractivity (Wildman–Crippen MR) is 83.9 cm³/mol. The Morgan fingerprint density at radius 3 is 2.50 bits per heavy atom. The lowest BCUT2D eigenvalue weighted by atomic mass is 9.99. The third-order valence-corrected chi connectivity index (χ3v) is 3.28. The first-order valence-electron chi connectivity index (χ1n) is 6.97. The fourth-order valence-corrected chi connectivity index (χ4v) is 2.11. The minimum absolute atomic E-state index is 0.388. The van der Waals surface area contributed by atoms with Gasteiger partial charge >= 0.3 is 0 Å². The van der Waals surface area contributed by atoms with Gasteiger partial charge in [-0.3, -0.25) is 0 Å². The Labute approximate surface area is 120 Å². The summed E-state index contributed by atoms with van der Waals surface area (Å²) in [5, 5.41) is 0. The minimum atomic E-state index is 0.388. The van der Waals surface area contributed by atoms with E-state index in [-0.39, 0.29) is 0 Å². The van der Waals surface area contributed by atoms with Crippen molar-refractivity contribution in [2.24, 2.45) is 5.73 Å². The van der Waals surface area contributed by atoms with Crippen molar-refractivity contribution in [3.63, 3.8) is 0 Å². The third kappa shape index (κ3) is 3.14. The molecule has 20 heavy (non-hydrogen) atoms. The summed E-state index contributed by atoms with van der Waals surface area (Å²) in [6, 6.07) is 10.2. The molecule has 2 N–H and O–H groups in total. The van der Waals surface area contributed by atoms with E-state index in [1.54, 1.807) is 0 Å². The van der Waals surface area contributed by atoms with Crippen molar-refractivity contribution in [2.75, 3.05) is 25.0 Å². The number of rotatable bonds is 5. The molecule has 0 unspecified atom stereocenters. The Morgan fingerprint density at radius 1 is 1.20 bits per heavy atom. The second-order valence-corrected chi connectivity index (χ2v) is 5.20. The molecule has 0 radical (unpaired) electrons. The molecule has 4 heteroatoms. The summed E-state index contributed by atoms with van der Waals surface area (Å²) >= 11 is 0. The number of nitrogens with zero attached hydrogens (tertiary/aromatic N) is 3. The first-order chi connectivity index (χ1) is 9.63. The van der Waals surface area contributed by atoms with Gasteiger partial charge in [0.05, 0.1) is 5.69 Å². The number of likely N-dealkylation sites (N-methyl/N-ethyl adjacent to an activating group) is 1. The molecule has 0 fully saturated rings. The molecule has 2 rings (SSSR count). The number of nitrogens with two attached hydrogens (primary N) is 1. The van der Waals surface area contributed by atoms with Crippen LogP contribution < -0.4 is 10.6 Å². The van der Waals surface area contributed by atoms with Crippen molar-refractivity contribution in [2.45, 2.75) is 19.8 Å².